The number of benzene rings is 2. The van der Waals surface area contributed by atoms with Crippen LogP contribution >= 0.6 is 15.9 Å². The van der Waals surface area contributed by atoms with Gasteiger partial charge in [-0.2, -0.15) is 0 Å². The van der Waals surface area contributed by atoms with E-state index in [1.165, 1.54) is 23.1 Å². The predicted molar refractivity (Wildman–Crippen MR) is 88.8 cm³/mol. The van der Waals surface area contributed by atoms with E-state index in [4.69, 9.17) is 4.74 Å². The molecule has 0 aliphatic heterocycles. The first kappa shape index (κ1) is 15.1. The maximum absolute atomic E-state index is 5.71. The van der Waals surface area contributed by atoms with Crippen LogP contribution in [0.4, 0.5) is 0 Å². The lowest BCUT2D eigenvalue weighted by atomic mass is 10.0. The zero-order valence-corrected chi connectivity index (χ0v) is 13.7. The van der Waals surface area contributed by atoms with Gasteiger partial charge < -0.3 is 4.74 Å². The SMILES string of the molecule is CCCc1ccc(C(Br)c2ccccc2OCC)cc1. The van der Waals surface area contributed by atoms with E-state index in [0.29, 0.717) is 6.61 Å². The minimum Gasteiger partial charge on any atom is -0.494 e. The first-order chi connectivity index (χ1) is 9.76. The number of hydrogen-bond donors (Lipinski definition) is 0. The highest BCUT2D eigenvalue weighted by Crippen LogP contribution is 2.36. The van der Waals surface area contributed by atoms with Gasteiger partial charge in [0.2, 0.25) is 0 Å². The van der Waals surface area contributed by atoms with Crippen LogP contribution in [0.5, 0.6) is 5.75 Å². The van der Waals surface area contributed by atoms with Crippen LogP contribution in [0.15, 0.2) is 48.5 Å². The van der Waals surface area contributed by atoms with Crippen LogP contribution in [0.2, 0.25) is 0 Å². The number of rotatable bonds is 6. The van der Waals surface area contributed by atoms with Gasteiger partial charge >= 0.3 is 0 Å². The van der Waals surface area contributed by atoms with Gasteiger partial charge in [-0.15, -0.1) is 0 Å². The van der Waals surface area contributed by atoms with E-state index in [9.17, 15) is 0 Å². The fraction of sp³-hybridized carbons (Fsp3) is 0.333. The van der Waals surface area contributed by atoms with E-state index >= 15 is 0 Å². The van der Waals surface area contributed by atoms with Gasteiger partial charge in [0.15, 0.2) is 0 Å². The van der Waals surface area contributed by atoms with Crippen LogP contribution in [0.1, 0.15) is 41.8 Å². The van der Waals surface area contributed by atoms with Crippen molar-refractivity contribution in [3.05, 3.63) is 65.2 Å². The third-order valence-corrected chi connectivity index (χ3v) is 4.32. The molecule has 0 spiro atoms. The van der Waals surface area contributed by atoms with Gasteiger partial charge in [-0.3, -0.25) is 0 Å². The molecule has 0 aliphatic carbocycles. The van der Waals surface area contributed by atoms with Crippen LogP contribution in [-0.4, -0.2) is 6.61 Å². The second kappa shape index (κ2) is 7.49. The molecule has 0 fully saturated rings. The van der Waals surface area contributed by atoms with Crippen LogP contribution in [-0.2, 0) is 6.42 Å². The number of hydrogen-bond acceptors (Lipinski definition) is 1. The third-order valence-electron chi connectivity index (χ3n) is 3.30. The van der Waals surface area contributed by atoms with E-state index in [2.05, 4.69) is 59.3 Å². The van der Waals surface area contributed by atoms with Crippen molar-refractivity contribution in [2.75, 3.05) is 6.61 Å². The fourth-order valence-corrected chi connectivity index (χ4v) is 2.98. The fourth-order valence-electron chi connectivity index (χ4n) is 2.30. The summed E-state index contributed by atoms with van der Waals surface area (Å²) in [4.78, 5) is 0.168. The lowest BCUT2D eigenvalue weighted by molar-refractivity contribution is 0.337. The van der Waals surface area contributed by atoms with Gasteiger partial charge in [-0.1, -0.05) is 71.7 Å². The van der Waals surface area contributed by atoms with Crippen molar-refractivity contribution in [3.63, 3.8) is 0 Å². The molecule has 2 rings (SSSR count). The molecule has 0 heterocycles. The van der Waals surface area contributed by atoms with Crippen molar-refractivity contribution in [2.45, 2.75) is 31.5 Å². The molecular weight excluding hydrogens is 312 g/mol. The zero-order chi connectivity index (χ0) is 14.4. The molecule has 1 atom stereocenters. The van der Waals surface area contributed by atoms with E-state index in [1.807, 2.05) is 19.1 Å². The van der Waals surface area contributed by atoms with Crippen molar-refractivity contribution >= 4 is 15.9 Å². The van der Waals surface area contributed by atoms with Gasteiger partial charge in [0.1, 0.15) is 5.75 Å². The van der Waals surface area contributed by atoms with E-state index in [1.54, 1.807) is 0 Å². The summed E-state index contributed by atoms with van der Waals surface area (Å²) in [5.74, 6) is 0.953. The van der Waals surface area contributed by atoms with Crippen molar-refractivity contribution in [2.24, 2.45) is 0 Å². The van der Waals surface area contributed by atoms with Gasteiger partial charge in [0.05, 0.1) is 11.4 Å². The number of ether oxygens (including phenoxy) is 1. The first-order valence-electron chi connectivity index (χ1n) is 7.20. The topological polar surface area (TPSA) is 9.23 Å². The number of aryl methyl sites for hydroxylation is 1. The molecule has 2 aromatic rings. The van der Waals surface area contributed by atoms with Crippen molar-refractivity contribution in [1.82, 2.24) is 0 Å². The largest absolute Gasteiger partial charge is 0.494 e. The summed E-state index contributed by atoms with van der Waals surface area (Å²) in [5, 5.41) is 0. The molecule has 1 nitrogen and oxygen atoms in total. The van der Waals surface area contributed by atoms with E-state index in [-0.39, 0.29) is 4.83 Å². The molecule has 0 radical (unpaired) electrons. The lowest BCUT2D eigenvalue weighted by Gasteiger charge is -2.16. The Bertz CT molecular complexity index is 533. The highest BCUT2D eigenvalue weighted by molar-refractivity contribution is 9.09. The quantitative estimate of drug-likeness (QED) is 0.632. The standard InChI is InChI=1S/C18H21BrO/c1-3-7-14-10-12-15(13-11-14)18(19)16-8-5-6-9-17(16)20-4-2/h5-6,8-13,18H,3-4,7H2,1-2H3. The van der Waals surface area contributed by atoms with Crippen LogP contribution < -0.4 is 4.74 Å². The molecule has 106 valence electrons. The summed E-state index contributed by atoms with van der Waals surface area (Å²) < 4.78 is 5.71. The molecule has 0 N–H and O–H groups in total. The number of para-hydroxylation sites is 1. The van der Waals surface area contributed by atoms with Gasteiger partial charge in [-0.05, 0) is 30.5 Å². The molecule has 0 saturated heterocycles. The van der Waals surface area contributed by atoms with Gasteiger partial charge in [0.25, 0.3) is 0 Å². The van der Waals surface area contributed by atoms with Gasteiger partial charge in [0, 0.05) is 5.56 Å². The molecule has 1 unspecified atom stereocenters. The number of alkyl halides is 1. The van der Waals surface area contributed by atoms with E-state index < -0.39 is 0 Å². The summed E-state index contributed by atoms with van der Waals surface area (Å²) in [5.41, 5.74) is 3.84. The Morgan fingerprint density at radius 1 is 1.00 bits per heavy atom. The van der Waals surface area contributed by atoms with Crippen molar-refractivity contribution in [3.8, 4) is 5.75 Å². The maximum Gasteiger partial charge on any atom is 0.123 e. The monoisotopic (exact) mass is 332 g/mol. The minimum absolute atomic E-state index is 0.168. The summed E-state index contributed by atoms with van der Waals surface area (Å²) >= 11 is 3.80. The Morgan fingerprint density at radius 2 is 1.70 bits per heavy atom. The highest BCUT2D eigenvalue weighted by atomic mass is 79.9. The van der Waals surface area contributed by atoms with Crippen LogP contribution in [0.25, 0.3) is 0 Å². The van der Waals surface area contributed by atoms with Crippen molar-refractivity contribution in [1.29, 1.82) is 0 Å². The summed E-state index contributed by atoms with van der Waals surface area (Å²) in [6.07, 6.45) is 2.33. The second-order valence-corrected chi connectivity index (χ2v) is 5.74. The molecule has 0 bridgehead atoms. The average Bonchev–Trinajstić information content (AvgIpc) is 2.49. The summed E-state index contributed by atoms with van der Waals surface area (Å²) in [6, 6.07) is 17.0. The molecule has 20 heavy (non-hydrogen) atoms. The molecule has 0 aromatic heterocycles. The van der Waals surface area contributed by atoms with Crippen LogP contribution in [0, 0.1) is 0 Å². The van der Waals surface area contributed by atoms with Crippen LogP contribution in [0.3, 0.4) is 0 Å². The number of halogens is 1. The average molecular weight is 333 g/mol. The zero-order valence-electron chi connectivity index (χ0n) is 12.1. The van der Waals surface area contributed by atoms with Gasteiger partial charge in [-0.25, -0.2) is 0 Å². The Morgan fingerprint density at radius 3 is 2.35 bits per heavy atom. The molecule has 2 aromatic carbocycles. The van der Waals surface area contributed by atoms with E-state index in [0.717, 1.165) is 12.2 Å². The third kappa shape index (κ3) is 3.63. The predicted octanol–water partition coefficient (Wildman–Crippen LogP) is 5.52. The molecular formula is C18H21BrO. The molecule has 0 saturated carbocycles. The summed E-state index contributed by atoms with van der Waals surface area (Å²) in [7, 11) is 0. The Labute approximate surface area is 130 Å². The summed E-state index contributed by atoms with van der Waals surface area (Å²) in [6.45, 7) is 4.91. The highest BCUT2D eigenvalue weighted by Gasteiger charge is 2.14. The second-order valence-electron chi connectivity index (χ2n) is 4.82. The molecule has 2 heteroatoms. The smallest absolute Gasteiger partial charge is 0.123 e. The minimum atomic E-state index is 0.168. The Kier molecular flexibility index (Phi) is 5.66. The Hall–Kier alpha value is -1.28. The normalized spacial score (nSPS) is 12.2. The first-order valence-corrected chi connectivity index (χ1v) is 8.12. The molecule has 0 aliphatic rings. The molecule has 0 amide bonds. The Balaban J connectivity index is 2.24. The van der Waals surface area contributed by atoms with Crippen molar-refractivity contribution < 1.29 is 4.74 Å². The lowest BCUT2D eigenvalue weighted by Crippen LogP contribution is -2.00. The maximum atomic E-state index is 5.71.